The van der Waals surface area contributed by atoms with Crippen LogP contribution in [0.25, 0.3) is 0 Å². The van der Waals surface area contributed by atoms with E-state index < -0.39 is 0 Å². The van der Waals surface area contributed by atoms with Crippen molar-refractivity contribution < 1.29 is 9.78 Å². The summed E-state index contributed by atoms with van der Waals surface area (Å²) in [7, 11) is 0. The third-order valence-electron chi connectivity index (χ3n) is 2.29. The lowest BCUT2D eigenvalue weighted by Gasteiger charge is -1.89. The molecule has 0 saturated carbocycles. The zero-order chi connectivity index (χ0) is 9.64. The SMILES string of the molecule is C1CCNC1.c1ccc2c(c1)COO2. The number of benzene rings is 1. The average molecular weight is 193 g/mol. The van der Waals surface area contributed by atoms with Gasteiger partial charge in [0.1, 0.15) is 6.61 Å². The molecule has 0 spiro atoms. The highest BCUT2D eigenvalue weighted by molar-refractivity contribution is 5.33. The predicted octanol–water partition coefficient (Wildman–Crippen LogP) is 1.88. The van der Waals surface area contributed by atoms with E-state index in [4.69, 9.17) is 9.78 Å². The van der Waals surface area contributed by atoms with Crippen molar-refractivity contribution in [1.29, 1.82) is 0 Å². The zero-order valence-electron chi connectivity index (χ0n) is 8.16. The molecule has 0 bridgehead atoms. The Labute approximate surface area is 84.0 Å². The molecule has 76 valence electrons. The first-order valence-electron chi connectivity index (χ1n) is 5.05. The molecule has 2 aliphatic heterocycles. The second-order valence-electron chi connectivity index (χ2n) is 3.41. The van der Waals surface area contributed by atoms with Crippen molar-refractivity contribution in [2.75, 3.05) is 13.1 Å². The number of fused-ring (bicyclic) bond motifs is 1. The summed E-state index contributed by atoms with van der Waals surface area (Å²) in [6.07, 6.45) is 2.78. The normalized spacial score (nSPS) is 18.0. The van der Waals surface area contributed by atoms with Crippen LogP contribution in [0.2, 0.25) is 0 Å². The average Bonchev–Trinajstić information content (AvgIpc) is 2.92. The van der Waals surface area contributed by atoms with E-state index in [1.165, 1.54) is 25.9 Å². The minimum Gasteiger partial charge on any atom is -0.337 e. The number of nitrogens with one attached hydrogen (secondary N) is 1. The van der Waals surface area contributed by atoms with Gasteiger partial charge in [-0.3, -0.25) is 0 Å². The van der Waals surface area contributed by atoms with E-state index in [2.05, 4.69) is 5.32 Å². The highest BCUT2D eigenvalue weighted by Gasteiger charge is 2.10. The van der Waals surface area contributed by atoms with Gasteiger partial charge in [-0.1, -0.05) is 18.2 Å². The molecule has 14 heavy (non-hydrogen) atoms. The van der Waals surface area contributed by atoms with Gasteiger partial charge < -0.3 is 10.2 Å². The Bertz CT molecular complexity index is 254. The van der Waals surface area contributed by atoms with Gasteiger partial charge in [0.2, 0.25) is 0 Å². The quantitative estimate of drug-likeness (QED) is 0.638. The van der Waals surface area contributed by atoms with Crippen molar-refractivity contribution in [3.8, 4) is 5.75 Å². The molecule has 3 heteroatoms. The molecule has 2 aliphatic rings. The maximum Gasteiger partial charge on any atom is 0.171 e. The first-order valence-corrected chi connectivity index (χ1v) is 5.05. The van der Waals surface area contributed by atoms with Gasteiger partial charge in [-0.25, -0.2) is 0 Å². The van der Waals surface area contributed by atoms with Crippen LogP contribution in [0.3, 0.4) is 0 Å². The number of hydrogen-bond donors (Lipinski definition) is 1. The predicted molar refractivity (Wildman–Crippen MR) is 54.0 cm³/mol. The second-order valence-corrected chi connectivity index (χ2v) is 3.41. The van der Waals surface area contributed by atoms with E-state index >= 15 is 0 Å². The maximum absolute atomic E-state index is 4.80. The van der Waals surface area contributed by atoms with Crippen LogP contribution in [-0.2, 0) is 11.5 Å². The molecule has 1 fully saturated rings. The van der Waals surface area contributed by atoms with Gasteiger partial charge in [0.15, 0.2) is 5.75 Å². The molecule has 0 unspecified atom stereocenters. The molecular weight excluding hydrogens is 178 g/mol. The smallest absolute Gasteiger partial charge is 0.171 e. The topological polar surface area (TPSA) is 30.5 Å². The lowest BCUT2D eigenvalue weighted by atomic mass is 10.2. The van der Waals surface area contributed by atoms with Crippen molar-refractivity contribution >= 4 is 0 Å². The van der Waals surface area contributed by atoms with E-state index in [0.717, 1.165) is 11.3 Å². The van der Waals surface area contributed by atoms with Crippen LogP contribution in [0.15, 0.2) is 24.3 Å². The third-order valence-corrected chi connectivity index (χ3v) is 2.29. The standard InChI is InChI=1S/C7H6O2.C4H9N/c1-2-4-7-6(3-1)5-8-9-7;1-2-4-5-3-1/h1-4H,5H2;5H,1-4H2. The van der Waals surface area contributed by atoms with Crippen LogP contribution in [0.5, 0.6) is 5.75 Å². The van der Waals surface area contributed by atoms with E-state index in [9.17, 15) is 0 Å². The second kappa shape index (κ2) is 4.98. The summed E-state index contributed by atoms with van der Waals surface area (Å²) >= 11 is 0. The molecule has 1 aromatic carbocycles. The van der Waals surface area contributed by atoms with Crippen LogP contribution in [0, 0.1) is 0 Å². The summed E-state index contributed by atoms with van der Waals surface area (Å²) in [6, 6.07) is 7.77. The fourth-order valence-electron chi connectivity index (χ4n) is 1.49. The van der Waals surface area contributed by atoms with Crippen LogP contribution in [-0.4, -0.2) is 13.1 Å². The lowest BCUT2D eigenvalue weighted by molar-refractivity contribution is -0.194. The number of hydrogen-bond acceptors (Lipinski definition) is 3. The van der Waals surface area contributed by atoms with Gasteiger partial charge in [0.05, 0.1) is 0 Å². The van der Waals surface area contributed by atoms with Crippen molar-refractivity contribution in [2.24, 2.45) is 0 Å². The molecule has 0 radical (unpaired) electrons. The van der Waals surface area contributed by atoms with Crippen molar-refractivity contribution in [3.05, 3.63) is 29.8 Å². The summed E-state index contributed by atoms with van der Waals surface area (Å²) in [5, 5.41) is 3.22. The van der Waals surface area contributed by atoms with Crippen LogP contribution >= 0.6 is 0 Å². The van der Waals surface area contributed by atoms with Gasteiger partial charge in [-0.05, 0) is 32.0 Å². The first-order chi connectivity index (χ1) is 6.97. The van der Waals surface area contributed by atoms with Gasteiger partial charge in [0.25, 0.3) is 0 Å². The van der Waals surface area contributed by atoms with Crippen LogP contribution in [0.1, 0.15) is 18.4 Å². The fraction of sp³-hybridized carbons (Fsp3) is 0.455. The van der Waals surface area contributed by atoms with Gasteiger partial charge >= 0.3 is 0 Å². The highest BCUT2D eigenvalue weighted by atomic mass is 17.2. The summed E-state index contributed by atoms with van der Waals surface area (Å²) in [4.78, 5) is 9.51. The molecular formula is C11H15NO2. The largest absolute Gasteiger partial charge is 0.337 e. The highest BCUT2D eigenvalue weighted by Crippen LogP contribution is 2.24. The van der Waals surface area contributed by atoms with Crippen molar-refractivity contribution in [2.45, 2.75) is 19.4 Å². The van der Waals surface area contributed by atoms with E-state index in [-0.39, 0.29) is 0 Å². The summed E-state index contributed by atoms with van der Waals surface area (Å²) in [5.74, 6) is 0.845. The molecule has 1 saturated heterocycles. The number of para-hydroxylation sites is 1. The van der Waals surface area contributed by atoms with Crippen LogP contribution in [0.4, 0.5) is 0 Å². The summed E-state index contributed by atoms with van der Waals surface area (Å²) in [5.41, 5.74) is 1.12. The lowest BCUT2D eigenvalue weighted by Crippen LogP contribution is -2.03. The molecule has 3 nitrogen and oxygen atoms in total. The molecule has 0 amide bonds. The Morgan fingerprint density at radius 1 is 1.07 bits per heavy atom. The zero-order valence-corrected chi connectivity index (χ0v) is 8.16. The molecule has 1 N–H and O–H groups in total. The van der Waals surface area contributed by atoms with Gasteiger partial charge in [-0.15, -0.1) is 0 Å². The van der Waals surface area contributed by atoms with Crippen LogP contribution < -0.4 is 10.2 Å². The molecule has 0 aliphatic carbocycles. The minimum absolute atomic E-state index is 0.580. The fourth-order valence-corrected chi connectivity index (χ4v) is 1.49. The Morgan fingerprint density at radius 2 is 1.86 bits per heavy atom. The Morgan fingerprint density at radius 3 is 2.50 bits per heavy atom. The molecule has 0 aromatic heterocycles. The van der Waals surface area contributed by atoms with Gasteiger partial charge in [-0.2, -0.15) is 4.89 Å². The minimum atomic E-state index is 0.580. The van der Waals surface area contributed by atoms with Crippen molar-refractivity contribution in [3.63, 3.8) is 0 Å². The van der Waals surface area contributed by atoms with E-state index in [1.54, 1.807) is 0 Å². The molecule has 0 atom stereocenters. The Balaban J connectivity index is 0.000000128. The first kappa shape index (κ1) is 9.49. The number of rotatable bonds is 0. The van der Waals surface area contributed by atoms with E-state index in [1.807, 2.05) is 24.3 Å². The Kier molecular flexibility index (Phi) is 3.38. The molecule has 3 rings (SSSR count). The van der Waals surface area contributed by atoms with Crippen molar-refractivity contribution in [1.82, 2.24) is 5.32 Å². The third kappa shape index (κ3) is 2.47. The summed E-state index contributed by atoms with van der Waals surface area (Å²) in [6.45, 7) is 3.08. The summed E-state index contributed by atoms with van der Waals surface area (Å²) < 4.78 is 0. The van der Waals surface area contributed by atoms with Gasteiger partial charge in [0, 0.05) is 5.56 Å². The Hall–Kier alpha value is -1.06. The molecule has 2 heterocycles. The van der Waals surface area contributed by atoms with E-state index in [0.29, 0.717) is 6.61 Å². The molecule has 1 aromatic rings. The maximum atomic E-state index is 4.80. The monoisotopic (exact) mass is 193 g/mol.